The third-order valence-electron chi connectivity index (χ3n) is 5.15. The third-order valence-corrected chi connectivity index (χ3v) is 6.55. The van der Waals surface area contributed by atoms with Crippen LogP contribution in [0.25, 0.3) is 0 Å². The van der Waals surface area contributed by atoms with Gasteiger partial charge < -0.3 is 9.47 Å². The van der Waals surface area contributed by atoms with E-state index < -0.39 is 10.0 Å². The molecule has 8 heteroatoms. The topological polar surface area (TPSA) is 98.8 Å². The van der Waals surface area contributed by atoms with Crippen LogP contribution in [0.2, 0.25) is 0 Å². The van der Waals surface area contributed by atoms with Gasteiger partial charge in [0.1, 0.15) is 11.5 Å². The van der Waals surface area contributed by atoms with Crippen LogP contribution in [-0.4, -0.2) is 34.2 Å². The Bertz CT molecular complexity index is 1310. The quantitative estimate of drug-likeness (QED) is 0.498. The highest BCUT2D eigenvalue weighted by Crippen LogP contribution is 2.29. The molecule has 7 nitrogen and oxygen atoms in total. The zero-order valence-electron chi connectivity index (χ0n) is 16.8. The summed E-state index contributed by atoms with van der Waals surface area (Å²) < 4.78 is 38.8. The molecule has 158 valence electrons. The Hall–Kier alpha value is -3.49. The van der Waals surface area contributed by atoms with Gasteiger partial charge in [0.05, 0.1) is 19.1 Å². The fourth-order valence-electron chi connectivity index (χ4n) is 3.52. The number of hydrogen-bond acceptors (Lipinski definition) is 6. The van der Waals surface area contributed by atoms with Crippen LogP contribution in [-0.2, 0) is 16.6 Å². The first-order valence-corrected chi connectivity index (χ1v) is 10.9. The van der Waals surface area contributed by atoms with Gasteiger partial charge in [-0.1, -0.05) is 24.3 Å². The van der Waals surface area contributed by atoms with Crippen LogP contribution in [0.4, 0.5) is 0 Å². The lowest BCUT2D eigenvalue weighted by Crippen LogP contribution is -2.25. The summed E-state index contributed by atoms with van der Waals surface area (Å²) in [6, 6.07) is 15.5. The van der Waals surface area contributed by atoms with Gasteiger partial charge in [0.15, 0.2) is 11.6 Å². The number of carbonyl (C=O) groups is 2. The molecule has 0 saturated carbocycles. The summed E-state index contributed by atoms with van der Waals surface area (Å²) in [6.45, 7) is -0.0461. The predicted molar refractivity (Wildman–Crippen MR) is 113 cm³/mol. The van der Waals surface area contributed by atoms with E-state index in [-0.39, 0.29) is 39.7 Å². The summed E-state index contributed by atoms with van der Waals surface area (Å²) in [5, 5.41) is 0. The molecule has 0 bridgehead atoms. The monoisotopic (exact) mass is 437 g/mol. The van der Waals surface area contributed by atoms with Crippen LogP contribution in [0, 0.1) is 0 Å². The standard InChI is InChI=1S/C23H19NO6S/c1-29-15-7-10-21(30-2)14(11-15)13-24-31(27,28)16-8-9-19-20(12-16)23(26)18-6-4-3-5-17(18)22(19)25/h3-12,24H,13H2,1-2H3. The Morgan fingerprint density at radius 1 is 0.774 bits per heavy atom. The lowest BCUT2D eigenvalue weighted by molar-refractivity contribution is 0.0979. The number of rotatable bonds is 6. The van der Waals surface area contributed by atoms with Crippen molar-refractivity contribution in [1.29, 1.82) is 0 Å². The number of sulfonamides is 1. The van der Waals surface area contributed by atoms with Crippen molar-refractivity contribution in [2.75, 3.05) is 14.2 Å². The molecule has 0 aromatic heterocycles. The number of benzene rings is 3. The molecule has 0 heterocycles. The second kappa shape index (κ2) is 7.98. The molecule has 1 aliphatic rings. The van der Waals surface area contributed by atoms with Gasteiger partial charge in [0.2, 0.25) is 10.0 Å². The highest BCUT2D eigenvalue weighted by atomic mass is 32.2. The average Bonchev–Trinajstić information content (AvgIpc) is 2.80. The maximum absolute atomic E-state index is 12.9. The Kier molecular flexibility index (Phi) is 5.34. The van der Waals surface area contributed by atoms with E-state index in [1.54, 1.807) is 42.5 Å². The van der Waals surface area contributed by atoms with Gasteiger partial charge in [-0.15, -0.1) is 0 Å². The van der Waals surface area contributed by atoms with Crippen molar-refractivity contribution < 1.29 is 27.5 Å². The SMILES string of the molecule is COc1ccc(OC)c(CNS(=O)(=O)c2ccc3c(c2)C(=O)c2ccccc2C3=O)c1. The molecule has 0 spiro atoms. The van der Waals surface area contributed by atoms with Gasteiger partial charge in [-0.05, 0) is 36.4 Å². The zero-order chi connectivity index (χ0) is 22.2. The second-order valence-corrected chi connectivity index (χ2v) is 8.68. The number of methoxy groups -OCH3 is 2. The summed E-state index contributed by atoms with van der Waals surface area (Å²) in [5.41, 5.74) is 1.44. The van der Waals surface area contributed by atoms with Crippen molar-refractivity contribution in [1.82, 2.24) is 4.72 Å². The molecule has 1 N–H and O–H groups in total. The van der Waals surface area contributed by atoms with Gasteiger partial charge in [-0.2, -0.15) is 0 Å². The van der Waals surface area contributed by atoms with Gasteiger partial charge in [0, 0.05) is 34.4 Å². The van der Waals surface area contributed by atoms with Crippen molar-refractivity contribution in [3.63, 3.8) is 0 Å². The zero-order valence-corrected chi connectivity index (χ0v) is 17.7. The Labute approximate surface area is 179 Å². The molecule has 0 atom stereocenters. The average molecular weight is 437 g/mol. The molecular weight excluding hydrogens is 418 g/mol. The maximum Gasteiger partial charge on any atom is 0.240 e. The summed E-state index contributed by atoms with van der Waals surface area (Å²) in [4.78, 5) is 25.5. The van der Waals surface area contributed by atoms with E-state index >= 15 is 0 Å². The van der Waals surface area contributed by atoms with Crippen LogP contribution < -0.4 is 14.2 Å². The smallest absolute Gasteiger partial charge is 0.240 e. The van der Waals surface area contributed by atoms with Crippen molar-refractivity contribution in [2.45, 2.75) is 11.4 Å². The number of fused-ring (bicyclic) bond motifs is 2. The Morgan fingerprint density at radius 3 is 2.06 bits per heavy atom. The van der Waals surface area contributed by atoms with E-state index in [2.05, 4.69) is 4.72 Å². The highest BCUT2D eigenvalue weighted by molar-refractivity contribution is 7.89. The molecule has 31 heavy (non-hydrogen) atoms. The lowest BCUT2D eigenvalue weighted by atomic mass is 9.84. The number of nitrogens with one attached hydrogen (secondary N) is 1. The number of ketones is 2. The number of carbonyl (C=O) groups excluding carboxylic acids is 2. The summed E-state index contributed by atoms with van der Waals surface area (Å²) >= 11 is 0. The van der Waals surface area contributed by atoms with Crippen LogP contribution in [0.15, 0.2) is 65.6 Å². The molecule has 0 unspecified atom stereocenters. The minimum atomic E-state index is -3.96. The van der Waals surface area contributed by atoms with Crippen LogP contribution in [0.5, 0.6) is 11.5 Å². The second-order valence-electron chi connectivity index (χ2n) is 6.91. The van der Waals surface area contributed by atoms with Gasteiger partial charge in [0.25, 0.3) is 0 Å². The molecule has 3 aromatic rings. The first-order valence-electron chi connectivity index (χ1n) is 9.39. The van der Waals surface area contributed by atoms with E-state index in [0.717, 1.165) is 0 Å². The van der Waals surface area contributed by atoms with E-state index in [9.17, 15) is 18.0 Å². The van der Waals surface area contributed by atoms with Gasteiger partial charge >= 0.3 is 0 Å². The van der Waals surface area contributed by atoms with Crippen molar-refractivity contribution in [2.24, 2.45) is 0 Å². The molecule has 0 radical (unpaired) electrons. The summed E-state index contributed by atoms with van der Waals surface area (Å²) in [5.74, 6) is 0.387. The van der Waals surface area contributed by atoms with Crippen molar-refractivity contribution in [3.05, 3.63) is 88.5 Å². The van der Waals surface area contributed by atoms with E-state index in [1.165, 1.54) is 32.4 Å². The summed E-state index contributed by atoms with van der Waals surface area (Å²) in [7, 11) is -0.962. The van der Waals surface area contributed by atoms with Crippen LogP contribution in [0.1, 0.15) is 37.4 Å². The normalized spacial score (nSPS) is 12.8. The van der Waals surface area contributed by atoms with Crippen molar-refractivity contribution >= 4 is 21.6 Å². The molecular formula is C23H19NO6S. The van der Waals surface area contributed by atoms with Crippen LogP contribution in [0.3, 0.4) is 0 Å². The maximum atomic E-state index is 12.9. The predicted octanol–water partition coefficient (Wildman–Crippen LogP) is 2.96. The fraction of sp³-hybridized carbons (Fsp3) is 0.130. The minimum Gasteiger partial charge on any atom is -0.497 e. The van der Waals surface area contributed by atoms with Gasteiger partial charge in [-0.3, -0.25) is 9.59 Å². The third kappa shape index (κ3) is 3.71. The van der Waals surface area contributed by atoms with Crippen molar-refractivity contribution in [3.8, 4) is 11.5 Å². The van der Waals surface area contributed by atoms with E-state index in [4.69, 9.17) is 9.47 Å². The molecule has 0 amide bonds. The first kappa shape index (κ1) is 20.8. The highest BCUT2D eigenvalue weighted by Gasteiger charge is 2.30. The van der Waals surface area contributed by atoms with Gasteiger partial charge in [-0.25, -0.2) is 13.1 Å². The molecule has 0 aliphatic heterocycles. The molecule has 0 saturated heterocycles. The molecule has 4 rings (SSSR count). The number of hydrogen-bond donors (Lipinski definition) is 1. The lowest BCUT2D eigenvalue weighted by Gasteiger charge is -2.18. The molecule has 0 fully saturated rings. The van der Waals surface area contributed by atoms with Crippen LogP contribution >= 0.6 is 0 Å². The number of ether oxygens (including phenoxy) is 2. The summed E-state index contributed by atoms with van der Waals surface area (Å²) in [6.07, 6.45) is 0. The fourth-order valence-corrected chi connectivity index (χ4v) is 4.55. The molecule has 1 aliphatic carbocycles. The minimum absolute atomic E-state index is 0.0461. The van der Waals surface area contributed by atoms with E-state index in [0.29, 0.717) is 22.6 Å². The first-order chi connectivity index (χ1) is 14.9. The van der Waals surface area contributed by atoms with E-state index in [1.807, 2.05) is 0 Å². The molecule has 3 aromatic carbocycles. The Balaban J connectivity index is 1.65. The Morgan fingerprint density at radius 2 is 1.42 bits per heavy atom. The largest absolute Gasteiger partial charge is 0.497 e.